The van der Waals surface area contributed by atoms with Gasteiger partial charge in [-0.25, -0.2) is 4.79 Å². The van der Waals surface area contributed by atoms with Gasteiger partial charge < -0.3 is 20.7 Å². The summed E-state index contributed by atoms with van der Waals surface area (Å²) in [5.74, 6) is 0. The number of aryl methyl sites for hydroxylation is 1. The van der Waals surface area contributed by atoms with Crippen LogP contribution in [-0.2, 0) is 11.3 Å². The van der Waals surface area contributed by atoms with Crippen LogP contribution in [0.15, 0.2) is 15.8 Å². The van der Waals surface area contributed by atoms with Gasteiger partial charge in [0.05, 0.1) is 28.4 Å². The Morgan fingerprint density at radius 1 is 1.46 bits per heavy atom. The number of ether oxygens (including phenoxy) is 1. The highest BCUT2D eigenvalue weighted by Crippen LogP contribution is 2.51. The van der Waals surface area contributed by atoms with Crippen LogP contribution in [0, 0.1) is 6.92 Å². The van der Waals surface area contributed by atoms with Crippen molar-refractivity contribution in [3.8, 4) is 0 Å². The molecule has 26 heavy (non-hydrogen) atoms. The second kappa shape index (κ2) is 6.71. The number of hydrogen-bond acceptors (Lipinski definition) is 6. The number of rotatable bonds is 6. The summed E-state index contributed by atoms with van der Waals surface area (Å²) in [4.78, 5) is 25.1. The Kier molecular flexibility index (Phi) is 5.02. The highest BCUT2D eigenvalue weighted by molar-refractivity contribution is 6.81. The molecule has 2 aliphatic rings. The van der Waals surface area contributed by atoms with Gasteiger partial charge in [-0.2, -0.15) is 0 Å². The van der Waals surface area contributed by atoms with Crippen LogP contribution in [0.25, 0.3) is 0 Å². The lowest BCUT2D eigenvalue weighted by atomic mass is 9.67. The molecule has 0 bridgehead atoms. The molecule has 2 saturated heterocycles. The van der Waals surface area contributed by atoms with Crippen LogP contribution in [0.1, 0.15) is 31.1 Å². The minimum absolute atomic E-state index is 0.159. The lowest BCUT2D eigenvalue weighted by molar-refractivity contribution is -0.0464. The van der Waals surface area contributed by atoms with E-state index in [9.17, 15) is 19.8 Å². The molecule has 0 amide bonds. The molecule has 2 fully saturated rings. The minimum atomic E-state index is -1.02. The lowest BCUT2D eigenvalue weighted by Crippen LogP contribution is -2.42. The maximum Gasteiger partial charge on any atom is 0.333 e. The smallest absolute Gasteiger partial charge is 0.333 e. The van der Waals surface area contributed by atoms with Gasteiger partial charge in [-0.3, -0.25) is 13.9 Å². The molecule has 2 aliphatic heterocycles. The predicted octanol–water partition coefficient (Wildman–Crippen LogP) is -2.48. The number of nitrogens with zero attached hydrogens (tertiary/aromatic N) is 2. The number of nitrogens with two attached hydrogens (primary N) is 1. The molecule has 3 rings (SSSR count). The van der Waals surface area contributed by atoms with E-state index in [0.717, 1.165) is 4.57 Å². The molecule has 11 heteroatoms. The Labute approximate surface area is 154 Å². The topological polar surface area (TPSA) is 120 Å². The van der Waals surface area contributed by atoms with Crippen LogP contribution >= 0.6 is 0 Å². The van der Waals surface area contributed by atoms with Gasteiger partial charge in [0.15, 0.2) is 0 Å². The van der Waals surface area contributed by atoms with E-state index in [-0.39, 0.29) is 25.1 Å². The number of aliphatic hydroxyl groups is 2. The van der Waals surface area contributed by atoms with Gasteiger partial charge in [0, 0.05) is 24.7 Å². The molecular formula is C15H21B3N3O5. The van der Waals surface area contributed by atoms with E-state index in [0.29, 0.717) is 18.4 Å². The Bertz CT molecular complexity index is 811. The third-order valence-corrected chi connectivity index (χ3v) is 5.25. The third-order valence-electron chi connectivity index (χ3n) is 5.25. The van der Waals surface area contributed by atoms with Gasteiger partial charge in [0.1, 0.15) is 19.6 Å². The fraction of sp³-hybridized carbons (Fsp3) is 0.733. The molecule has 1 aromatic rings. The first kappa shape index (κ1) is 19.5. The normalized spacial score (nSPS) is 36.1. The highest BCUT2D eigenvalue weighted by Gasteiger charge is 2.56. The fourth-order valence-electron chi connectivity index (χ4n) is 3.42. The summed E-state index contributed by atoms with van der Waals surface area (Å²) >= 11 is 0. The number of aromatic nitrogens is 2. The Balaban J connectivity index is 1.79. The van der Waals surface area contributed by atoms with Crippen LogP contribution in [0.4, 0.5) is 0 Å². The fourth-order valence-corrected chi connectivity index (χ4v) is 3.42. The summed E-state index contributed by atoms with van der Waals surface area (Å²) in [7, 11) is 13.4. The molecule has 135 valence electrons. The minimum Gasteiger partial charge on any atom is -0.394 e. The van der Waals surface area contributed by atoms with Crippen molar-refractivity contribution in [3.05, 3.63) is 32.6 Å². The van der Waals surface area contributed by atoms with E-state index < -0.39 is 34.7 Å². The van der Waals surface area contributed by atoms with E-state index >= 15 is 0 Å². The summed E-state index contributed by atoms with van der Waals surface area (Å²) in [5, 5.41) is 17.3. The van der Waals surface area contributed by atoms with Gasteiger partial charge in [-0.1, -0.05) is 17.0 Å². The average Bonchev–Trinajstić information content (AvgIpc) is 2.89. The maximum absolute atomic E-state index is 12.7. The van der Waals surface area contributed by atoms with Crippen molar-refractivity contribution in [3.63, 3.8) is 0 Å². The summed E-state index contributed by atoms with van der Waals surface area (Å²) in [6, 6.07) is 0. The van der Waals surface area contributed by atoms with E-state index in [1.807, 2.05) is 0 Å². The van der Waals surface area contributed by atoms with E-state index in [4.69, 9.17) is 26.2 Å². The van der Waals surface area contributed by atoms with Crippen molar-refractivity contribution in [1.82, 2.24) is 9.13 Å². The quantitative estimate of drug-likeness (QED) is 0.486. The Morgan fingerprint density at radius 3 is 2.65 bits per heavy atom. The molecule has 8 nitrogen and oxygen atoms in total. The number of hydrogen-bond donors (Lipinski definition) is 3. The van der Waals surface area contributed by atoms with Gasteiger partial charge in [0.2, 0.25) is 0 Å². The average molecular weight is 356 g/mol. The summed E-state index contributed by atoms with van der Waals surface area (Å²) in [6.07, 6.45) is 0.118. The summed E-state index contributed by atoms with van der Waals surface area (Å²) < 4.78 is 7.93. The second-order valence-corrected chi connectivity index (χ2v) is 7.29. The maximum atomic E-state index is 12.7. The van der Waals surface area contributed by atoms with Crippen molar-refractivity contribution in [1.29, 1.82) is 0 Å². The SMILES string of the molecule is [B]C1(N)[B]C1([B])CCCn1c(=O)c(C)cn([C@H]2C[C@H](O)[C@@H](CO)O2)c1=O. The zero-order chi connectivity index (χ0) is 19.3. The van der Waals surface area contributed by atoms with Crippen LogP contribution < -0.4 is 17.0 Å². The lowest BCUT2D eigenvalue weighted by Gasteiger charge is -2.19. The standard InChI is InChI=1S/C15H21B3N3O5/c1-8-6-21(11-5-9(23)10(7-22)26-11)13(25)20(12(8)24)4-2-3-14(16)15(17,19)18-14/h6,9-11,22-23H,2-5,7,19H2,1H3/t9-,10+,11+,14?,15?/m0/s1. The highest BCUT2D eigenvalue weighted by atomic mass is 16.5. The Morgan fingerprint density at radius 2 is 2.12 bits per heavy atom. The van der Waals surface area contributed by atoms with Gasteiger partial charge in [-0.05, 0) is 13.3 Å². The van der Waals surface area contributed by atoms with Crippen molar-refractivity contribution in [2.24, 2.45) is 5.73 Å². The zero-order valence-electron chi connectivity index (χ0n) is 14.7. The van der Waals surface area contributed by atoms with Crippen molar-refractivity contribution in [2.45, 2.75) is 61.7 Å². The summed E-state index contributed by atoms with van der Waals surface area (Å²) in [6.45, 7) is 1.43. The molecule has 5 radical (unpaired) electrons. The molecule has 2 unspecified atom stereocenters. The molecule has 0 spiro atoms. The first-order valence-corrected chi connectivity index (χ1v) is 8.60. The number of aliphatic hydroxyl groups excluding tert-OH is 2. The third kappa shape index (κ3) is 3.33. The van der Waals surface area contributed by atoms with Gasteiger partial charge >= 0.3 is 5.69 Å². The Hall–Kier alpha value is -1.29. The van der Waals surface area contributed by atoms with E-state index in [1.54, 1.807) is 14.2 Å². The van der Waals surface area contributed by atoms with Crippen molar-refractivity contribution < 1.29 is 14.9 Å². The molecule has 4 N–H and O–H groups in total. The molecule has 5 atom stereocenters. The monoisotopic (exact) mass is 356 g/mol. The van der Waals surface area contributed by atoms with Crippen molar-refractivity contribution in [2.75, 3.05) is 6.61 Å². The molecule has 0 saturated carbocycles. The van der Waals surface area contributed by atoms with Crippen LogP contribution in [0.3, 0.4) is 0 Å². The van der Waals surface area contributed by atoms with Crippen LogP contribution in [0.5, 0.6) is 0 Å². The predicted molar refractivity (Wildman–Crippen MR) is 97.4 cm³/mol. The second-order valence-electron chi connectivity index (χ2n) is 7.29. The molecule has 0 aromatic carbocycles. The van der Waals surface area contributed by atoms with E-state index in [1.165, 1.54) is 10.8 Å². The first-order chi connectivity index (χ1) is 12.1. The van der Waals surface area contributed by atoms with Crippen molar-refractivity contribution >= 4 is 23.0 Å². The summed E-state index contributed by atoms with van der Waals surface area (Å²) in [5.41, 5.74) is 5.21. The molecule has 1 aromatic heterocycles. The largest absolute Gasteiger partial charge is 0.394 e. The van der Waals surface area contributed by atoms with Crippen LogP contribution in [0.2, 0.25) is 5.21 Å². The first-order valence-electron chi connectivity index (χ1n) is 8.60. The van der Waals surface area contributed by atoms with Crippen LogP contribution in [-0.4, -0.2) is 66.5 Å². The molecular weight excluding hydrogens is 335 g/mol. The molecule has 0 aliphatic carbocycles. The van der Waals surface area contributed by atoms with Gasteiger partial charge in [0.25, 0.3) is 5.56 Å². The molecule has 3 heterocycles. The van der Waals surface area contributed by atoms with E-state index in [2.05, 4.69) is 0 Å². The van der Waals surface area contributed by atoms with Gasteiger partial charge in [-0.15, -0.1) is 0 Å². The zero-order valence-corrected chi connectivity index (χ0v) is 14.7.